The number of phenolic OH excluding ortho intramolecular Hbond substituents is 2. The summed E-state index contributed by atoms with van der Waals surface area (Å²) in [6, 6.07) is 1.71. The number of carboxylic acids is 1. The summed E-state index contributed by atoms with van der Waals surface area (Å²) >= 11 is 0.776. The summed E-state index contributed by atoms with van der Waals surface area (Å²) in [5, 5.41) is 47.3. The highest BCUT2D eigenvalue weighted by Gasteiger charge is 2.26. The van der Waals surface area contributed by atoms with Crippen molar-refractivity contribution in [3.63, 3.8) is 0 Å². The Morgan fingerprint density at radius 1 is 1.20 bits per heavy atom. The van der Waals surface area contributed by atoms with Gasteiger partial charge >= 0.3 is 5.97 Å². The Kier molecular flexibility index (Phi) is 5.37. The average Bonchev–Trinajstić information content (AvgIpc) is 2.34. The molecule has 0 saturated heterocycles. The van der Waals surface area contributed by atoms with Crippen LogP contribution in [0.4, 0.5) is 0 Å². The Morgan fingerprint density at radius 3 is 2.10 bits per heavy atom. The van der Waals surface area contributed by atoms with Gasteiger partial charge in [0.2, 0.25) is 0 Å². The zero-order valence-electron chi connectivity index (χ0n) is 10.5. The van der Waals surface area contributed by atoms with E-state index in [0.717, 1.165) is 23.9 Å². The number of benzene rings is 1. The lowest BCUT2D eigenvalue weighted by Gasteiger charge is -2.19. The molecule has 5 N–H and O–H groups in total. The number of aliphatic hydroxyl groups is 2. The molecule has 0 aromatic heterocycles. The molecule has 0 aliphatic carbocycles. The number of carbonyl (C=O) groups excluding carboxylic acids is 1. The lowest BCUT2D eigenvalue weighted by Crippen LogP contribution is -2.21. The number of hydrogen-bond donors (Lipinski definition) is 5. The topological polar surface area (TPSA) is 135 Å². The van der Waals surface area contributed by atoms with E-state index in [1.54, 1.807) is 0 Å². The fourth-order valence-electron chi connectivity index (χ4n) is 1.54. The van der Waals surface area contributed by atoms with Gasteiger partial charge in [-0.25, -0.2) is 4.79 Å². The van der Waals surface area contributed by atoms with Gasteiger partial charge in [0.15, 0.2) is 5.12 Å². The van der Waals surface area contributed by atoms with Crippen LogP contribution in [0.1, 0.15) is 28.9 Å². The van der Waals surface area contributed by atoms with Crippen LogP contribution in [-0.4, -0.2) is 48.5 Å². The van der Waals surface area contributed by atoms with Gasteiger partial charge in [-0.1, -0.05) is 11.8 Å². The standard InChI is InChI=1S/C12H14O7S/c1-5(13)20-4-9(16)11(17)10-7(14)2-6(12(18)19)3-8(10)15/h2-3,9,11,14-17H,4H2,1H3,(H,18,19). The minimum Gasteiger partial charge on any atom is -0.507 e. The van der Waals surface area contributed by atoms with Gasteiger partial charge in [-0.15, -0.1) is 0 Å². The lowest BCUT2D eigenvalue weighted by atomic mass is 10.0. The lowest BCUT2D eigenvalue weighted by molar-refractivity contribution is -0.109. The monoisotopic (exact) mass is 302 g/mol. The molecule has 1 aromatic rings. The molecule has 0 saturated carbocycles. The molecule has 0 spiro atoms. The van der Waals surface area contributed by atoms with Crippen LogP contribution in [0.5, 0.6) is 11.5 Å². The molecule has 0 amide bonds. The molecule has 0 aliphatic rings. The second-order valence-corrected chi connectivity index (χ2v) is 5.25. The maximum absolute atomic E-state index is 10.8. The van der Waals surface area contributed by atoms with Crippen molar-refractivity contribution in [3.8, 4) is 11.5 Å². The van der Waals surface area contributed by atoms with E-state index in [0.29, 0.717) is 0 Å². The molecule has 0 heterocycles. The van der Waals surface area contributed by atoms with Crippen molar-refractivity contribution in [1.29, 1.82) is 0 Å². The first-order valence-electron chi connectivity index (χ1n) is 5.52. The molecule has 8 heteroatoms. The van der Waals surface area contributed by atoms with Gasteiger partial charge in [0.1, 0.15) is 17.6 Å². The summed E-state index contributed by atoms with van der Waals surface area (Å²) in [4.78, 5) is 21.5. The van der Waals surface area contributed by atoms with Crippen molar-refractivity contribution < 1.29 is 35.1 Å². The number of carboxylic acid groups (broad SMARTS) is 1. The van der Waals surface area contributed by atoms with Crippen LogP contribution in [0.3, 0.4) is 0 Å². The quantitative estimate of drug-likeness (QED) is 0.529. The number of hydrogen-bond acceptors (Lipinski definition) is 7. The van der Waals surface area contributed by atoms with E-state index >= 15 is 0 Å². The highest BCUT2D eigenvalue weighted by atomic mass is 32.2. The van der Waals surface area contributed by atoms with Crippen LogP contribution in [0.25, 0.3) is 0 Å². The van der Waals surface area contributed by atoms with E-state index in [-0.39, 0.29) is 22.0 Å². The Bertz CT molecular complexity index is 506. The summed E-state index contributed by atoms with van der Waals surface area (Å²) in [7, 11) is 0. The molecule has 20 heavy (non-hydrogen) atoms. The fraction of sp³-hybridized carbons (Fsp3) is 0.333. The van der Waals surface area contributed by atoms with Crippen molar-refractivity contribution in [1.82, 2.24) is 0 Å². The highest BCUT2D eigenvalue weighted by Crippen LogP contribution is 2.36. The van der Waals surface area contributed by atoms with Crippen LogP contribution in [0.2, 0.25) is 0 Å². The second-order valence-electron chi connectivity index (χ2n) is 4.05. The van der Waals surface area contributed by atoms with E-state index in [1.807, 2.05) is 0 Å². The molecule has 110 valence electrons. The maximum atomic E-state index is 10.8. The van der Waals surface area contributed by atoms with Gasteiger partial charge < -0.3 is 25.5 Å². The van der Waals surface area contributed by atoms with Crippen molar-refractivity contribution >= 4 is 22.8 Å². The molecule has 1 rings (SSSR count). The van der Waals surface area contributed by atoms with Crippen molar-refractivity contribution in [2.75, 3.05) is 5.75 Å². The molecule has 2 atom stereocenters. The van der Waals surface area contributed by atoms with Crippen LogP contribution < -0.4 is 0 Å². The average molecular weight is 302 g/mol. The molecule has 0 fully saturated rings. The van der Waals surface area contributed by atoms with Gasteiger partial charge in [0, 0.05) is 12.7 Å². The van der Waals surface area contributed by atoms with E-state index in [2.05, 4.69) is 0 Å². The van der Waals surface area contributed by atoms with E-state index < -0.39 is 29.7 Å². The minimum atomic E-state index is -1.65. The van der Waals surface area contributed by atoms with Crippen molar-refractivity contribution in [2.24, 2.45) is 0 Å². The number of aliphatic hydroxyl groups excluding tert-OH is 2. The van der Waals surface area contributed by atoms with Crippen LogP contribution >= 0.6 is 11.8 Å². The van der Waals surface area contributed by atoms with Gasteiger partial charge in [0.05, 0.1) is 17.2 Å². The predicted molar refractivity (Wildman–Crippen MR) is 70.8 cm³/mol. The van der Waals surface area contributed by atoms with Gasteiger partial charge in [-0.3, -0.25) is 4.79 Å². The van der Waals surface area contributed by atoms with Crippen LogP contribution in [-0.2, 0) is 4.79 Å². The number of rotatable bonds is 5. The zero-order valence-corrected chi connectivity index (χ0v) is 11.3. The number of thioether (sulfide) groups is 1. The molecular weight excluding hydrogens is 288 g/mol. The molecule has 0 bridgehead atoms. The summed E-state index contributed by atoms with van der Waals surface area (Å²) in [5.41, 5.74) is -0.741. The van der Waals surface area contributed by atoms with Gasteiger partial charge in [-0.05, 0) is 12.1 Å². The number of aromatic carboxylic acids is 1. The third-order valence-corrected chi connectivity index (χ3v) is 3.42. The third kappa shape index (κ3) is 3.86. The Hall–Kier alpha value is -1.77. The van der Waals surface area contributed by atoms with Crippen LogP contribution in [0.15, 0.2) is 12.1 Å². The molecule has 2 unspecified atom stereocenters. The zero-order chi connectivity index (χ0) is 15.4. The second kappa shape index (κ2) is 6.60. The highest BCUT2D eigenvalue weighted by molar-refractivity contribution is 8.13. The summed E-state index contributed by atoms with van der Waals surface area (Å²) in [5.74, 6) is -2.79. The molecule has 0 aliphatic heterocycles. The largest absolute Gasteiger partial charge is 0.507 e. The first kappa shape index (κ1) is 16.3. The van der Waals surface area contributed by atoms with E-state index in [4.69, 9.17) is 5.11 Å². The van der Waals surface area contributed by atoms with Gasteiger partial charge in [0.25, 0.3) is 0 Å². The first-order valence-corrected chi connectivity index (χ1v) is 6.51. The minimum absolute atomic E-state index is 0.129. The number of carbonyl (C=O) groups is 2. The number of phenols is 2. The Labute approximate surface area is 118 Å². The molecule has 7 nitrogen and oxygen atoms in total. The Balaban J connectivity index is 3.01. The first-order chi connectivity index (χ1) is 9.23. The summed E-state index contributed by atoms with van der Waals surface area (Å²) in [6.07, 6.45) is -3.05. The number of aromatic hydroxyl groups is 2. The maximum Gasteiger partial charge on any atom is 0.335 e. The SMILES string of the molecule is CC(=O)SCC(O)C(O)c1c(O)cc(C(=O)O)cc1O. The molecule has 1 aromatic carbocycles. The van der Waals surface area contributed by atoms with Crippen molar-refractivity contribution in [2.45, 2.75) is 19.1 Å². The van der Waals surface area contributed by atoms with Crippen LogP contribution in [0, 0.1) is 0 Å². The third-order valence-electron chi connectivity index (χ3n) is 2.50. The smallest absolute Gasteiger partial charge is 0.335 e. The predicted octanol–water partition coefficient (Wildman–Crippen LogP) is 0.470. The summed E-state index contributed by atoms with van der Waals surface area (Å²) in [6.45, 7) is 1.29. The molecular formula is C12H14O7S. The van der Waals surface area contributed by atoms with E-state index in [9.17, 15) is 30.0 Å². The summed E-state index contributed by atoms with van der Waals surface area (Å²) < 4.78 is 0. The molecule has 0 radical (unpaired) electrons. The Morgan fingerprint density at radius 2 is 1.70 bits per heavy atom. The van der Waals surface area contributed by atoms with E-state index in [1.165, 1.54) is 6.92 Å². The van der Waals surface area contributed by atoms with Gasteiger partial charge in [-0.2, -0.15) is 0 Å². The normalized spacial score (nSPS) is 13.8. The fourth-order valence-corrected chi connectivity index (χ4v) is 2.12. The van der Waals surface area contributed by atoms with Crippen molar-refractivity contribution in [3.05, 3.63) is 23.3 Å².